The lowest BCUT2D eigenvalue weighted by Crippen LogP contribution is -2.38. The molecule has 1 saturated carbocycles. The summed E-state index contributed by atoms with van der Waals surface area (Å²) in [6.45, 7) is 0. The summed E-state index contributed by atoms with van der Waals surface area (Å²) in [5.74, 6) is 0.676. The van der Waals surface area contributed by atoms with E-state index >= 15 is 0 Å². The zero-order chi connectivity index (χ0) is 20.4. The van der Waals surface area contributed by atoms with Crippen LogP contribution >= 0.6 is 11.8 Å². The van der Waals surface area contributed by atoms with Gasteiger partial charge in [-0.05, 0) is 36.6 Å². The minimum absolute atomic E-state index is 0.0187. The van der Waals surface area contributed by atoms with Crippen molar-refractivity contribution < 1.29 is 18.9 Å². The lowest BCUT2D eigenvalue weighted by atomic mass is 10.0. The molecule has 0 radical (unpaired) electrons. The molecule has 5 nitrogen and oxygen atoms in total. The van der Waals surface area contributed by atoms with Gasteiger partial charge in [0, 0.05) is 17.7 Å². The Balaban J connectivity index is 1.55. The van der Waals surface area contributed by atoms with E-state index in [4.69, 9.17) is 4.74 Å². The molecule has 150 valence electrons. The molecule has 0 bridgehead atoms. The third-order valence-electron chi connectivity index (χ3n) is 5.57. The molecule has 1 atom stereocenters. The van der Waals surface area contributed by atoms with Gasteiger partial charge in [0.15, 0.2) is 0 Å². The molecule has 2 aliphatic carbocycles. The maximum atomic E-state index is 12.9. The van der Waals surface area contributed by atoms with Crippen LogP contribution in [-0.4, -0.2) is 47.6 Å². The van der Waals surface area contributed by atoms with Crippen LogP contribution in [0.2, 0.25) is 0 Å². The van der Waals surface area contributed by atoms with Crippen LogP contribution in [0.4, 0.5) is 0 Å². The number of nitrogens with zero attached hydrogens (tertiary/aromatic N) is 1. The molecule has 1 aromatic carbocycles. The fourth-order valence-corrected chi connectivity index (χ4v) is 5.08. The standard InChI is InChI=1S/C23H24N2O3S/c1-25-19-14-16(22(26)24-17-5-3-4-6-17)9-12-20(19)29-21(23(25)27)13-15-7-10-18(28-2)11-8-15/h7-14,17,20H,3-6H2,1-2H3/p+1/b21-13-. The average Bonchev–Trinajstić information content (AvgIpc) is 3.25. The second kappa shape index (κ2) is 8.41. The molecule has 6 heteroatoms. The lowest BCUT2D eigenvalue weighted by Gasteiger charge is -2.21. The molecule has 4 rings (SSSR count). The van der Waals surface area contributed by atoms with Crippen molar-refractivity contribution in [3.05, 3.63) is 58.5 Å². The van der Waals surface area contributed by atoms with Gasteiger partial charge in [0.05, 0.1) is 7.11 Å². The number of amides is 2. The monoisotopic (exact) mass is 409 g/mol. The summed E-state index contributed by atoms with van der Waals surface area (Å²) < 4.78 is 6.84. The summed E-state index contributed by atoms with van der Waals surface area (Å²) in [4.78, 5) is 26.2. The van der Waals surface area contributed by atoms with Crippen LogP contribution in [0, 0.1) is 0 Å². The van der Waals surface area contributed by atoms with E-state index in [0.29, 0.717) is 10.5 Å². The van der Waals surface area contributed by atoms with E-state index in [9.17, 15) is 9.59 Å². The number of carbonyl (C=O) groups excluding carboxylic acids is 2. The van der Waals surface area contributed by atoms with E-state index < -0.39 is 0 Å². The first-order valence-corrected chi connectivity index (χ1v) is 10.8. The van der Waals surface area contributed by atoms with Crippen molar-refractivity contribution in [3.63, 3.8) is 0 Å². The number of allylic oxidation sites excluding steroid dienone is 1. The smallest absolute Gasteiger partial charge is 0.425 e. The summed E-state index contributed by atoms with van der Waals surface area (Å²) in [6, 6.07) is 7.90. The Morgan fingerprint density at radius 3 is 2.66 bits per heavy atom. The number of nitrogens with one attached hydrogen (secondary N) is 1. The molecule has 0 aromatic heterocycles. The van der Waals surface area contributed by atoms with Crippen molar-refractivity contribution in [1.82, 2.24) is 5.32 Å². The van der Waals surface area contributed by atoms with Crippen LogP contribution in [0.25, 0.3) is 6.08 Å². The molecule has 2 amide bonds. The molecule has 1 unspecified atom stereocenters. The van der Waals surface area contributed by atoms with Crippen molar-refractivity contribution in [3.8, 4) is 5.75 Å². The first-order valence-electron chi connectivity index (χ1n) is 9.93. The van der Waals surface area contributed by atoms with Crippen molar-refractivity contribution >= 4 is 35.4 Å². The third-order valence-corrected chi connectivity index (χ3v) is 6.77. The molecule has 1 N–H and O–H groups in total. The number of benzene rings is 1. The molecule has 0 saturated heterocycles. The normalized spacial score (nSPS) is 23.2. The number of ether oxygens (including phenoxy) is 1. The molecule has 1 fully saturated rings. The Hall–Kier alpha value is -2.60. The Bertz CT molecular complexity index is 951. The van der Waals surface area contributed by atoms with Gasteiger partial charge in [-0.15, -0.1) is 0 Å². The highest BCUT2D eigenvalue weighted by atomic mass is 32.2. The summed E-state index contributed by atoms with van der Waals surface area (Å²) in [5.41, 5.74) is 2.42. The second-order valence-electron chi connectivity index (χ2n) is 7.52. The predicted molar refractivity (Wildman–Crippen MR) is 116 cm³/mol. The van der Waals surface area contributed by atoms with Crippen LogP contribution in [-0.2, 0) is 9.59 Å². The first-order chi connectivity index (χ1) is 14.0. The average molecular weight is 410 g/mol. The molecular weight excluding hydrogens is 384 g/mol. The van der Waals surface area contributed by atoms with Crippen LogP contribution in [0.3, 0.4) is 0 Å². The Morgan fingerprint density at radius 2 is 1.97 bits per heavy atom. The highest BCUT2D eigenvalue weighted by molar-refractivity contribution is 8.05. The highest BCUT2D eigenvalue weighted by Gasteiger charge is 2.38. The van der Waals surface area contributed by atoms with E-state index in [-0.39, 0.29) is 23.1 Å². The van der Waals surface area contributed by atoms with E-state index in [0.717, 1.165) is 29.9 Å². The molecular formula is C23H25N2O3S+. The fraction of sp³-hybridized carbons (Fsp3) is 0.348. The zero-order valence-corrected chi connectivity index (χ0v) is 17.5. The topological polar surface area (TPSA) is 58.4 Å². The van der Waals surface area contributed by atoms with Crippen LogP contribution in [0.15, 0.2) is 53.0 Å². The highest BCUT2D eigenvalue weighted by Crippen LogP contribution is 2.33. The van der Waals surface area contributed by atoms with E-state index in [1.165, 1.54) is 24.6 Å². The van der Waals surface area contributed by atoms with Gasteiger partial charge >= 0.3 is 5.91 Å². The molecule has 0 spiro atoms. The molecule has 1 aromatic rings. The van der Waals surface area contributed by atoms with E-state index in [1.807, 2.05) is 48.6 Å². The minimum Gasteiger partial charge on any atom is -0.497 e. The number of hydrogen-bond donors (Lipinski definition) is 1. The number of methoxy groups -OCH3 is 1. The van der Waals surface area contributed by atoms with Crippen molar-refractivity contribution in [1.29, 1.82) is 0 Å². The van der Waals surface area contributed by atoms with Gasteiger partial charge in [0.25, 0.3) is 5.91 Å². The Kier molecular flexibility index (Phi) is 5.72. The maximum Gasteiger partial charge on any atom is 0.425 e. The number of thioether (sulfide) groups is 1. The van der Waals surface area contributed by atoms with Gasteiger partial charge < -0.3 is 10.1 Å². The predicted octanol–water partition coefficient (Wildman–Crippen LogP) is 3.32. The van der Waals surface area contributed by atoms with E-state index in [1.54, 1.807) is 18.7 Å². The van der Waals surface area contributed by atoms with E-state index in [2.05, 4.69) is 5.32 Å². The van der Waals surface area contributed by atoms with Gasteiger partial charge in [-0.25, -0.2) is 4.79 Å². The quantitative estimate of drug-likeness (QED) is 0.612. The number of fused-ring (bicyclic) bond motifs is 1. The van der Waals surface area contributed by atoms with Gasteiger partial charge in [0.2, 0.25) is 5.71 Å². The number of carbonyl (C=O) groups is 2. The third kappa shape index (κ3) is 4.22. The van der Waals surface area contributed by atoms with Gasteiger partial charge in [-0.2, -0.15) is 4.58 Å². The Labute approximate surface area is 175 Å². The van der Waals surface area contributed by atoms with Crippen LogP contribution in [0.5, 0.6) is 5.75 Å². The number of hydrogen-bond acceptors (Lipinski definition) is 4. The zero-order valence-electron chi connectivity index (χ0n) is 16.7. The summed E-state index contributed by atoms with van der Waals surface area (Å²) in [5, 5.41) is 3.14. The molecule has 1 heterocycles. The summed E-state index contributed by atoms with van der Waals surface area (Å²) in [7, 11) is 3.40. The minimum atomic E-state index is -0.0563. The first kappa shape index (κ1) is 19.7. The van der Waals surface area contributed by atoms with Crippen LogP contribution < -0.4 is 10.1 Å². The number of rotatable bonds is 4. The largest absolute Gasteiger partial charge is 0.497 e. The maximum absolute atomic E-state index is 12.9. The van der Waals surface area contributed by atoms with Gasteiger partial charge in [-0.1, -0.05) is 48.9 Å². The van der Waals surface area contributed by atoms with Crippen LogP contribution in [0.1, 0.15) is 31.2 Å². The van der Waals surface area contributed by atoms with Crippen molar-refractivity contribution in [2.45, 2.75) is 37.0 Å². The lowest BCUT2D eigenvalue weighted by molar-refractivity contribution is -0.413. The number of likely N-dealkylation sites (N-methyl/N-ethyl adjacent to an activating group) is 1. The fourth-order valence-electron chi connectivity index (χ4n) is 3.86. The summed E-state index contributed by atoms with van der Waals surface area (Å²) >= 11 is 1.52. The molecule has 29 heavy (non-hydrogen) atoms. The van der Waals surface area contributed by atoms with Crippen molar-refractivity contribution in [2.75, 3.05) is 14.2 Å². The van der Waals surface area contributed by atoms with Gasteiger partial charge in [-0.3, -0.25) is 4.79 Å². The molecule has 1 aliphatic heterocycles. The molecule has 3 aliphatic rings. The second-order valence-corrected chi connectivity index (χ2v) is 8.71. The van der Waals surface area contributed by atoms with Crippen molar-refractivity contribution in [2.24, 2.45) is 0 Å². The van der Waals surface area contributed by atoms with Gasteiger partial charge in [0.1, 0.15) is 23.0 Å². The summed E-state index contributed by atoms with van der Waals surface area (Å²) in [6.07, 6.45) is 12.1. The SMILES string of the molecule is COc1ccc(/C=C2\SC3C=CC(C(=O)NC4CCCC4)=CC3=[N+](C)C2=O)cc1. The Morgan fingerprint density at radius 1 is 1.24 bits per heavy atom.